The van der Waals surface area contributed by atoms with Crippen LogP contribution in [0.3, 0.4) is 0 Å². The van der Waals surface area contributed by atoms with Gasteiger partial charge in [-0.25, -0.2) is 0 Å². The fourth-order valence-corrected chi connectivity index (χ4v) is 3.25. The van der Waals surface area contributed by atoms with Gasteiger partial charge in [-0.2, -0.15) is 0 Å². The zero-order chi connectivity index (χ0) is 19.2. The highest BCUT2D eigenvalue weighted by Crippen LogP contribution is 2.21. The molecule has 1 aliphatic heterocycles. The number of piperazine rings is 1. The Morgan fingerprint density at radius 3 is 2.37 bits per heavy atom. The second-order valence-corrected chi connectivity index (χ2v) is 7.43. The molecule has 0 radical (unpaired) electrons. The van der Waals surface area contributed by atoms with Gasteiger partial charge in [-0.3, -0.25) is 4.79 Å². The van der Waals surface area contributed by atoms with Crippen molar-refractivity contribution in [1.29, 1.82) is 0 Å². The number of hydrogen-bond donors (Lipinski definition) is 2. The minimum atomic E-state index is -0.00643. The summed E-state index contributed by atoms with van der Waals surface area (Å²) in [5.74, 6) is -0.00643. The molecule has 0 atom stereocenters. The molecule has 27 heavy (non-hydrogen) atoms. The minimum absolute atomic E-state index is 0.00643. The van der Waals surface area contributed by atoms with Crippen LogP contribution in [0.5, 0.6) is 0 Å². The lowest BCUT2D eigenvalue weighted by Gasteiger charge is -2.34. The number of nitrogens with zero attached hydrogens (tertiary/aromatic N) is 2. The number of hydrogen-bond acceptors (Lipinski definition) is 4. The van der Waals surface area contributed by atoms with Gasteiger partial charge in [-0.05, 0) is 55.9 Å². The van der Waals surface area contributed by atoms with Crippen molar-refractivity contribution in [2.75, 3.05) is 55.3 Å². The SMILES string of the molecule is Cc1ccc(NCCC(=O)Nc2ccc(N3CCN(C)CC3)cc2)cc1Cl. The summed E-state index contributed by atoms with van der Waals surface area (Å²) >= 11 is 6.11. The topological polar surface area (TPSA) is 47.6 Å². The molecule has 1 amide bonds. The molecule has 1 aliphatic rings. The van der Waals surface area contributed by atoms with E-state index in [4.69, 9.17) is 11.6 Å². The van der Waals surface area contributed by atoms with E-state index in [1.54, 1.807) is 0 Å². The molecule has 3 rings (SSSR count). The van der Waals surface area contributed by atoms with E-state index in [0.717, 1.165) is 48.1 Å². The highest BCUT2D eigenvalue weighted by molar-refractivity contribution is 6.31. The van der Waals surface area contributed by atoms with Crippen LogP contribution in [0.1, 0.15) is 12.0 Å². The van der Waals surface area contributed by atoms with Gasteiger partial charge >= 0.3 is 0 Å². The normalized spacial score (nSPS) is 14.9. The number of halogens is 1. The van der Waals surface area contributed by atoms with Gasteiger partial charge < -0.3 is 20.4 Å². The first-order valence-corrected chi connectivity index (χ1v) is 9.72. The predicted octanol–water partition coefficient (Wildman–Crippen LogP) is 3.84. The maximum atomic E-state index is 12.2. The van der Waals surface area contributed by atoms with Crippen molar-refractivity contribution in [3.8, 4) is 0 Å². The number of anilines is 3. The Bertz CT molecular complexity index is 770. The van der Waals surface area contributed by atoms with Gasteiger partial charge in [0.2, 0.25) is 5.91 Å². The van der Waals surface area contributed by atoms with E-state index in [-0.39, 0.29) is 5.91 Å². The Morgan fingerprint density at radius 2 is 1.70 bits per heavy atom. The maximum Gasteiger partial charge on any atom is 0.226 e. The van der Waals surface area contributed by atoms with Gasteiger partial charge in [0.05, 0.1) is 0 Å². The molecule has 0 aromatic heterocycles. The van der Waals surface area contributed by atoms with Crippen molar-refractivity contribution >= 4 is 34.6 Å². The molecule has 6 heteroatoms. The molecule has 0 bridgehead atoms. The summed E-state index contributed by atoms with van der Waals surface area (Å²) in [5.41, 5.74) is 4.00. The van der Waals surface area contributed by atoms with Crippen LogP contribution in [0.15, 0.2) is 42.5 Å². The molecule has 2 aromatic rings. The number of carbonyl (C=O) groups excluding carboxylic acids is 1. The molecule has 0 saturated carbocycles. The zero-order valence-electron chi connectivity index (χ0n) is 16.0. The van der Waals surface area contributed by atoms with E-state index < -0.39 is 0 Å². The summed E-state index contributed by atoms with van der Waals surface area (Å²) in [6.07, 6.45) is 0.395. The van der Waals surface area contributed by atoms with Crippen LogP contribution in [0.25, 0.3) is 0 Å². The quantitative estimate of drug-likeness (QED) is 0.791. The Balaban J connectivity index is 1.44. The first-order valence-electron chi connectivity index (χ1n) is 9.35. The summed E-state index contributed by atoms with van der Waals surface area (Å²) in [6.45, 7) is 6.77. The number of aryl methyl sites for hydroxylation is 1. The van der Waals surface area contributed by atoms with Gasteiger partial charge in [0, 0.05) is 61.2 Å². The van der Waals surface area contributed by atoms with Crippen LogP contribution in [-0.2, 0) is 4.79 Å². The summed E-state index contributed by atoms with van der Waals surface area (Å²) in [7, 11) is 2.15. The number of rotatable bonds is 6. The van der Waals surface area contributed by atoms with Gasteiger partial charge in [-0.15, -0.1) is 0 Å². The molecule has 0 aliphatic carbocycles. The van der Waals surface area contributed by atoms with Crippen molar-refractivity contribution in [2.24, 2.45) is 0 Å². The smallest absolute Gasteiger partial charge is 0.226 e. The fraction of sp³-hybridized carbons (Fsp3) is 0.381. The molecular formula is C21H27ClN4O. The third-order valence-corrected chi connectivity index (χ3v) is 5.28. The molecule has 1 heterocycles. The van der Waals surface area contributed by atoms with Crippen molar-refractivity contribution in [2.45, 2.75) is 13.3 Å². The van der Waals surface area contributed by atoms with Crippen LogP contribution in [0, 0.1) is 6.92 Å². The Hall–Kier alpha value is -2.24. The van der Waals surface area contributed by atoms with Crippen LogP contribution >= 0.6 is 11.6 Å². The van der Waals surface area contributed by atoms with E-state index >= 15 is 0 Å². The first kappa shape index (κ1) is 19.5. The number of carbonyl (C=O) groups is 1. The number of amides is 1. The standard InChI is InChI=1S/C21H27ClN4O/c1-16-3-4-18(15-20(16)22)23-10-9-21(27)24-17-5-7-19(8-6-17)26-13-11-25(2)12-14-26/h3-8,15,23H,9-14H2,1-2H3,(H,24,27). The molecule has 144 valence electrons. The van der Waals surface area contributed by atoms with Crippen LogP contribution < -0.4 is 15.5 Å². The summed E-state index contributed by atoms with van der Waals surface area (Å²) < 4.78 is 0. The summed E-state index contributed by atoms with van der Waals surface area (Å²) in [5, 5.41) is 6.91. The fourth-order valence-electron chi connectivity index (χ4n) is 3.07. The molecule has 1 saturated heterocycles. The monoisotopic (exact) mass is 386 g/mol. The third kappa shape index (κ3) is 5.62. The Labute approximate surface area is 166 Å². The first-order chi connectivity index (χ1) is 13.0. The average Bonchev–Trinajstić information content (AvgIpc) is 2.66. The molecule has 0 spiro atoms. The molecule has 5 nitrogen and oxygen atoms in total. The third-order valence-electron chi connectivity index (χ3n) is 4.87. The lowest BCUT2D eigenvalue weighted by molar-refractivity contribution is -0.115. The van der Waals surface area contributed by atoms with Crippen LogP contribution in [-0.4, -0.2) is 50.6 Å². The van der Waals surface area contributed by atoms with Crippen molar-refractivity contribution < 1.29 is 4.79 Å². The van der Waals surface area contributed by atoms with Gasteiger partial charge in [0.15, 0.2) is 0 Å². The zero-order valence-corrected chi connectivity index (χ0v) is 16.7. The number of nitrogens with one attached hydrogen (secondary N) is 2. The lowest BCUT2D eigenvalue weighted by Crippen LogP contribution is -2.44. The highest BCUT2D eigenvalue weighted by atomic mass is 35.5. The molecule has 2 N–H and O–H groups in total. The van der Waals surface area contributed by atoms with E-state index in [0.29, 0.717) is 13.0 Å². The second-order valence-electron chi connectivity index (χ2n) is 7.03. The van der Waals surface area contributed by atoms with E-state index in [9.17, 15) is 4.79 Å². The maximum absolute atomic E-state index is 12.2. The van der Waals surface area contributed by atoms with Crippen LogP contribution in [0.2, 0.25) is 5.02 Å². The Kier molecular flexibility index (Phi) is 6.58. The highest BCUT2D eigenvalue weighted by Gasteiger charge is 2.14. The molecule has 0 unspecified atom stereocenters. The van der Waals surface area contributed by atoms with E-state index in [1.807, 2.05) is 37.3 Å². The number of likely N-dealkylation sites (N-methyl/N-ethyl adjacent to an activating group) is 1. The largest absolute Gasteiger partial charge is 0.384 e. The molecule has 2 aromatic carbocycles. The number of benzene rings is 2. The van der Waals surface area contributed by atoms with Crippen molar-refractivity contribution in [3.63, 3.8) is 0 Å². The van der Waals surface area contributed by atoms with E-state index in [1.165, 1.54) is 5.69 Å². The van der Waals surface area contributed by atoms with Gasteiger partial charge in [-0.1, -0.05) is 17.7 Å². The minimum Gasteiger partial charge on any atom is -0.384 e. The predicted molar refractivity (Wildman–Crippen MR) is 114 cm³/mol. The van der Waals surface area contributed by atoms with Crippen LogP contribution in [0.4, 0.5) is 17.1 Å². The molecule has 1 fully saturated rings. The Morgan fingerprint density at radius 1 is 1.04 bits per heavy atom. The van der Waals surface area contributed by atoms with Crippen molar-refractivity contribution in [1.82, 2.24) is 4.90 Å². The van der Waals surface area contributed by atoms with E-state index in [2.05, 4.69) is 39.6 Å². The lowest BCUT2D eigenvalue weighted by atomic mass is 10.2. The van der Waals surface area contributed by atoms with Gasteiger partial charge in [0.1, 0.15) is 0 Å². The summed E-state index contributed by atoms with van der Waals surface area (Å²) in [6, 6.07) is 13.9. The summed E-state index contributed by atoms with van der Waals surface area (Å²) in [4.78, 5) is 16.9. The molecular weight excluding hydrogens is 360 g/mol. The van der Waals surface area contributed by atoms with Crippen molar-refractivity contribution in [3.05, 3.63) is 53.1 Å². The second kappa shape index (κ2) is 9.11. The van der Waals surface area contributed by atoms with Gasteiger partial charge in [0.25, 0.3) is 0 Å². The average molecular weight is 387 g/mol.